The summed E-state index contributed by atoms with van der Waals surface area (Å²) in [6.07, 6.45) is 80.3. The summed E-state index contributed by atoms with van der Waals surface area (Å²) in [5.74, 6) is 13.9. The minimum Gasteiger partial charge on any atom is -0.366 e. The van der Waals surface area contributed by atoms with Gasteiger partial charge in [-0.1, -0.05) is 111 Å². The Morgan fingerprint density at radius 2 is 0.442 bits per heavy atom. The fraction of sp³-hybridized carbons (Fsp3) is 0.143. The second kappa shape index (κ2) is 25.9. The normalized spacial score (nSPS) is 15.8. The van der Waals surface area contributed by atoms with Crippen LogP contribution in [0.2, 0.25) is 0 Å². The number of hydrogen-bond acceptors (Lipinski definition) is 0. The van der Waals surface area contributed by atoms with Gasteiger partial charge >= 0.3 is 0 Å². The molecule has 6 aliphatic carbocycles. The molecule has 0 saturated heterocycles. The predicted molar refractivity (Wildman–Crippen MR) is 174 cm³/mol. The Morgan fingerprint density at radius 3 is 0.488 bits per heavy atom. The van der Waals surface area contributed by atoms with Crippen LogP contribution in [0.4, 0.5) is 0 Å². The molecule has 210 valence electrons. The average Bonchev–Trinajstić information content (AvgIpc) is 3.91. The van der Waals surface area contributed by atoms with E-state index in [-0.39, 0.29) is 21.1 Å². The fourth-order valence-electron chi connectivity index (χ4n) is 3.24. The average molecular weight is 631 g/mol. The summed E-state index contributed by atoms with van der Waals surface area (Å²) in [4.78, 5) is 0. The molecule has 0 spiro atoms. The van der Waals surface area contributed by atoms with E-state index in [9.17, 15) is 0 Å². The van der Waals surface area contributed by atoms with Crippen LogP contribution in [0, 0.1) is 74.1 Å². The molecule has 0 saturated carbocycles. The molecule has 0 N–H and O–H groups in total. The van der Waals surface area contributed by atoms with E-state index in [1.165, 1.54) is 0 Å². The van der Waals surface area contributed by atoms with Crippen molar-refractivity contribution in [2.24, 2.45) is 0 Å². The minimum absolute atomic E-state index is 0. The van der Waals surface area contributed by atoms with Gasteiger partial charge in [0, 0.05) is 21.1 Å². The molecule has 0 fully saturated rings. The van der Waals surface area contributed by atoms with Crippen molar-refractivity contribution in [1.82, 2.24) is 0 Å². The summed E-state index contributed by atoms with van der Waals surface area (Å²) in [5.41, 5.74) is 5.83. The monoisotopic (exact) mass is 632 g/mol. The fourth-order valence-corrected chi connectivity index (χ4v) is 3.24. The zero-order chi connectivity index (χ0) is 30.7. The van der Waals surface area contributed by atoms with Gasteiger partial charge in [-0.05, 0) is 0 Å². The Hall–Kier alpha value is -5.07. The first kappa shape index (κ1) is 37.9. The zero-order valence-electron chi connectivity index (χ0n) is 24.0. The van der Waals surface area contributed by atoms with Gasteiger partial charge in [-0.25, -0.2) is 0 Å². The molecule has 0 aromatic heterocycles. The van der Waals surface area contributed by atoms with E-state index in [4.69, 9.17) is 38.5 Å². The molecule has 1 heteroatoms. The Bertz CT molecular complexity index is 1240. The standard InChI is InChI=1S/6C7H5.Mo/c6*1-2-7-5-3-4-6-7;/h6*3-5H,6H2;/q6*-1;. The second-order valence-electron chi connectivity index (χ2n) is 8.70. The van der Waals surface area contributed by atoms with Crippen LogP contribution in [-0.4, -0.2) is 0 Å². The van der Waals surface area contributed by atoms with Crippen molar-refractivity contribution >= 4 is 0 Å². The smallest absolute Gasteiger partial charge is 0 e. The first-order valence-electron chi connectivity index (χ1n) is 13.3. The summed E-state index contributed by atoms with van der Waals surface area (Å²) in [6, 6.07) is 0. The van der Waals surface area contributed by atoms with Crippen molar-refractivity contribution in [1.29, 1.82) is 0 Å². The maximum atomic E-state index is 6.64. The molecular formula is C42H30Mo-6. The van der Waals surface area contributed by atoms with E-state index in [2.05, 4.69) is 35.5 Å². The number of allylic oxidation sites excluding steroid dienone is 24. The molecule has 0 aromatic rings. The predicted octanol–water partition coefficient (Wildman–Crippen LogP) is 8.77. The summed E-state index contributed by atoms with van der Waals surface area (Å²) >= 11 is 0. The summed E-state index contributed by atoms with van der Waals surface area (Å²) < 4.78 is 0. The molecule has 0 amide bonds. The van der Waals surface area contributed by atoms with Gasteiger partial charge in [0.05, 0.1) is 0 Å². The third-order valence-electron chi connectivity index (χ3n) is 5.59. The topological polar surface area (TPSA) is 0 Å². The molecule has 0 bridgehead atoms. The van der Waals surface area contributed by atoms with Crippen LogP contribution < -0.4 is 0 Å². The van der Waals surface area contributed by atoms with Gasteiger partial charge in [-0.15, -0.1) is 69.9 Å². The molecule has 0 aromatic carbocycles. The third kappa shape index (κ3) is 18.8. The van der Waals surface area contributed by atoms with Crippen LogP contribution in [0.3, 0.4) is 0 Å². The number of hydrogen-bond donors (Lipinski definition) is 0. The van der Waals surface area contributed by atoms with Crippen LogP contribution in [-0.2, 0) is 21.1 Å². The Balaban J connectivity index is 0.000000490. The van der Waals surface area contributed by atoms with E-state index in [1.807, 2.05) is 109 Å². The first-order chi connectivity index (χ1) is 20.6. The van der Waals surface area contributed by atoms with Crippen molar-refractivity contribution in [2.45, 2.75) is 38.5 Å². The van der Waals surface area contributed by atoms with Crippen LogP contribution in [0.25, 0.3) is 0 Å². The summed E-state index contributed by atoms with van der Waals surface area (Å²) in [5, 5.41) is 0. The zero-order valence-corrected chi connectivity index (χ0v) is 26.1. The molecule has 0 nitrogen and oxygen atoms in total. The maximum Gasteiger partial charge on any atom is 0 e. The maximum absolute atomic E-state index is 6.64. The number of rotatable bonds is 0. The van der Waals surface area contributed by atoms with Gasteiger partial charge in [-0.3, -0.25) is 35.5 Å². The Kier molecular flexibility index (Phi) is 22.8. The first-order valence-corrected chi connectivity index (χ1v) is 13.3. The molecule has 0 unspecified atom stereocenters. The van der Waals surface area contributed by atoms with E-state index < -0.39 is 0 Å². The van der Waals surface area contributed by atoms with Gasteiger partial charge in [0.2, 0.25) is 0 Å². The summed E-state index contributed by atoms with van der Waals surface area (Å²) in [7, 11) is 0. The van der Waals surface area contributed by atoms with Gasteiger partial charge in [0.15, 0.2) is 0 Å². The van der Waals surface area contributed by atoms with Crippen molar-refractivity contribution in [3.05, 3.63) is 181 Å². The van der Waals surface area contributed by atoms with Crippen LogP contribution in [0.5, 0.6) is 0 Å². The molecule has 0 radical (unpaired) electrons. The molecule has 6 aliphatic rings. The van der Waals surface area contributed by atoms with Crippen molar-refractivity contribution in [3.8, 4) is 35.5 Å². The molecule has 0 aliphatic heterocycles. The van der Waals surface area contributed by atoms with Gasteiger partial charge in [0.25, 0.3) is 0 Å². The quantitative estimate of drug-likeness (QED) is 0.143. The van der Waals surface area contributed by atoms with E-state index in [0.717, 1.165) is 72.0 Å². The van der Waals surface area contributed by atoms with Crippen LogP contribution >= 0.6 is 0 Å². The van der Waals surface area contributed by atoms with Gasteiger partial charge < -0.3 is 38.5 Å². The van der Waals surface area contributed by atoms with Gasteiger partial charge in [-0.2, -0.15) is 0 Å². The second-order valence-corrected chi connectivity index (χ2v) is 8.70. The largest absolute Gasteiger partial charge is 0.366 e. The van der Waals surface area contributed by atoms with Gasteiger partial charge in [0.1, 0.15) is 0 Å². The molecule has 0 atom stereocenters. The van der Waals surface area contributed by atoms with E-state index in [1.54, 1.807) is 0 Å². The Morgan fingerprint density at radius 1 is 0.302 bits per heavy atom. The third-order valence-corrected chi connectivity index (χ3v) is 5.59. The molecular weight excluding hydrogens is 600 g/mol. The SMILES string of the molecule is [C-]#CC1=CC=CC1.[C-]#CC1=CC=CC1.[C-]#CC1=CC=CC1.[C-]#CC1=CC=CC1.[C-]#CC1=CC=CC1.[C-]#CC1=CC=CC1.[Mo]. The van der Waals surface area contributed by atoms with Crippen molar-refractivity contribution < 1.29 is 21.1 Å². The molecule has 0 heterocycles. The van der Waals surface area contributed by atoms with E-state index >= 15 is 0 Å². The minimum atomic E-state index is 0. The van der Waals surface area contributed by atoms with E-state index in [0.29, 0.717) is 0 Å². The Labute approximate surface area is 275 Å². The van der Waals surface area contributed by atoms with Crippen molar-refractivity contribution in [2.75, 3.05) is 0 Å². The molecule has 6 rings (SSSR count). The van der Waals surface area contributed by atoms with Crippen molar-refractivity contribution in [3.63, 3.8) is 0 Å². The molecule has 43 heavy (non-hydrogen) atoms. The van der Waals surface area contributed by atoms with Crippen LogP contribution in [0.1, 0.15) is 38.5 Å². The summed E-state index contributed by atoms with van der Waals surface area (Å²) in [6.45, 7) is 0. The van der Waals surface area contributed by atoms with Crippen LogP contribution in [0.15, 0.2) is 143 Å².